The summed E-state index contributed by atoms with van der Waals surface area (Å²) in [5.41, 5.74) is 0.947. The van der Waals surface area contributed by atoms with Crippen LogP contribution >= 0.6 is 0 Å². The Morgan fingerprint density at radius 3 is 2.78 bits per heavy atom. The summed E-state index contributed by atoms with van der Waals surface area (Å²) in [6.45, 7) is 4.08. The fourth-order valence-corrected chi connectivity index (χ4v) is 4.24. The largest absolute Gasteiger partial charge is 0.465 e. The first-order chi connectivity index (χ1) is 12.9. The van der Waals surface area contributed by atoms with E-state index in [4.69, 9.17) is 9.47 Å². The van der Waals surface area contributed by atoms with Crippen LogP contribution in [-0.4, -0.2) is 54.1 Å². The number of ether oxygens (including phenoxy) is 2. The molecule has 3 aliphatic rings. The number of hydrogen-bond donors (Lipinski definition) is 1. The third-order valence-electron chi connectivity index (χ3n) is 5.43. The van der Waals surface area contributed by atoms with Crippen LogP contribution < -0.4 is 5.32 Å². The second-order valence-corrected chi connectivity index (χ2v) is 7.25. The molecule has 2 saturated heterocycles. The SMILES string of the molecule is CCOC(=O)CN1CC23C=C[C@@H](O2)C(C(=O)Nc2ccc(C)cc2)[C@@H]3C1=O. The molecule has 0 aromatic heterocycles. The van der Waals surface area contributed by atoms with E-state index in [1.54, 1.807) is 6.92 Å². The molecule has 2 unspecified atom stereocenters. The second kappa shape index (κ2) is 6.49. The molecule has 0 saturated carbocycles. The van der Waals surface area contributed by atoms with Crippen molar-refractivity contribution in [3.8, 4) is 0 Å². The van der Waals surface area contributed by atoms with Gasteiger partial charge in [-0.15, -0.1) is 0 Å². The van der Waals surface area contributed by atoms with Gasteiger partial charge in [-0.25, -0.2) is 0 Å². The highest BCUT2D eigenvalue weighted by atomic mass is 16.5. The highest BCUT2D eigenvalue weighted by Gasteiger charge is 2.66. The molecule has 1 N–H and O–H groups in total. The summed E-state index contributed by atoms with van der Waals surface area (Å²) in [4.78, 5) is 39.1. The molecular formula is C20H22N2O5. The van der Waals surface area contributed by atoms with Crippen LogP contribution in [0.1, 0.15) is 12.5 Å². The molecule has 7 nitrogen and oxygen atoms in total. The molecule has 3 aliphatic heterocycles. The fourth-order valence-electron chi connectivity index (χ4n) is 4.24. The van der Waals surface area contributed by atoms with Gasteiger partial charge in [0.25, 0.3) is 0 Å². The zero-order valence-corrected chi connectivity index (χ0v) is 15.3. The lowest BCUT2D eigenvalue weighted by atomic mass is 9.77. The van der Waals surface area contributed by atoms with Gasteiger partial charge in [0, 0.05) is 5.69 Å². The number of hydrogen-bond acceptors (Lipinski definition) is 5. The number of benzene rings is 1. The molecule has 7 heteroatoms. The molecule has 0 aliphatic carbocycles. The standard InChI is InChI=1S/C20H22N2O5/c1-3-26-15(23)10-22-11-20-9-8-14(27-20)16(17(20)19(22)25)18(24)21-13-6-4-12(2)5-7-13/h4-9,14,16-17H,3,10-11H2,1-2H3,(H,21,24)/t14-,16?,17-,20?/m1/s1. The Morgan fingerprint density at radius 1 is 1.33 bits per heavy atom. The van der Waals surface area contributed by atoms with Crippen molar-refractivity contribution >= 4 is 23.5 Å². The van der Waals surface area contributed by atoms with Crippen LogP contribution in [0.5, 0.6) is 0 Å². The maximum atomic E-state index is 12.9. The number of aryl methyl sites for hydroxylation is 1. The molecule has 0 radical (unpaired) electrons. The maximum Gasteiger partial charge on any atom is 0.325 e. The third-order valence-corrected chi connectivity index (χ3v) is 5.43. The first-order valence-electron chi connectivity index (χ1n) is 9.12. The lowest BCUT2D eigenvalue weighted by Crippen LogP contribution is -2.41. The van der Waals surface area contributed by atoms with Gasteiger partial charge >= 0.3 is 5.97 Å². The topological polar surface area (TPSA) is 84.9 Å². The maximum absolute atomic E-state index is 12.9. The smallest absolute Gasteiger partial charge is 0.325 e. The van der Waals surface area contributed by atoms with Crippen molar-refractivity contribution in [2.75, 3.05) is 25.0 Å². The van der Waals surface area contributed by atoms with Gasteiger partial charge in [-0.05, 0) is 26.0 Å². The Labute approximate surface area is 157 Å². The normalized spacial score (nSPS) is 30.5. The number of amides is 2. The molecule has 142 valence electrons. The number of fused-ring (bicyclic) bond motifs is 1. The predicted molar refractivity (Wildman–Crippen MR) is 96.7 cm³/mol. The van der Waals surface area contributed by atoms with Crippen molar-refractivity contribution in [1.82, 2.24) is 4.90 Å². The first kappa shape index (κ1) is 17.7. The number of esters is 1. The molecule has 3 heterocycles. The lowest BCUT2D eigenvalue weighted by Gasteiger charge is -2.23. The zero-order chi connectivity index (χ0) is 19.2. The minimum atomic E-state index is -0.830. The number of anilines is 1. The molecule has 27 heavy (non-hydrogen) atoms. The van der Waals surface area contributed by atoms with Crippen molar-refractivity contribution in [2.45, 2.75) is 25.6 Å². The first-order valence-corrected chi connectivity index (χ1v) is 9.12. The van der Waals surface area contributed by atoms with E-state index < -0.39 is 29.5 Å². The average Bonchev–Trinajstić information content (AvgIpc) is 3.26. The number of carbonyl (C=O) groups is 3. The van der Waals surface area contributed by atoms with Crippen molar-refractivity contribution in [2.24, 2.45) is 11.8 Å². The highest BCUT2D eigenvalue weighted by Crippen LogP contribution is 2.52. The Morgan fingerprint density at radius 2 is 2.07 bits per heavy atom. The summed E-state index contributed by atoms with van der Waals surface area (Å²) in [7, 11) is 0. The van der Waals surface area contributed by atoms with E-state index >= 15 is 0 Å². The fraction of sp³-hybridized carbons (Fsp3) is 0.450. The van der Waals surface area contributed by atoms with E-state index in [0.29, 0.717) is 5.69 Å². The van der Waals surface area contributed by atoms with Gasteiger partial charge in [-0.3, -0.25) is 14.4 Å². The number of nitrogens with one attached hydrogen (secondary N) is 1. The van der Waals surface area contributed by atoms with E-state index in [9.17, 15) is 14.4 Å². The Kier molecular flexibility index (Phi) is 4.26. The second-order valence-electron chi connectivity index (χ2n) is 7.25. The molecule has 2 fully saturated rings. The van der Waals surface area contributed by atoms with Gasteiger partial charge in [0.2, 0.25) is 11.8 Å². The third kappa shape index (κ3) is 2.92. The summed E-state index contributed by atoms with van der Waals surface area (Å²) in [5, 5.41) is 2.89. The van der Waals surface area contributed by atoms with Crippen molar-refractivity contribution in [3.63, 3.8) is 0 Å². The summed E-state index contributed by atoms with van der Waals surface area (Å²) in [6, 6.07) is 7.49. The van der Waals surface area contributed by atoms with Crippen LogP contribution in [0.4, 0.5) is 5.69 Å². The van der Waals surface area contributed by atoms with E-state index in [2.05, 4.69) is 5.32 Å². The highest BCUT2D eigenvalue weighted by molar-refractivity contribution is 5.99. The Bertz CT molecular complexity index is 818. The number of rotatable bonds is 5. The van der Waals surface area contributed by atoms with Gasteiger partial charge in [-0.2, -0.15) is 0 Å². The zero-order valence-electron chi connectivity index (χ0n) is 15.3. The van der Waals surface area contributed by atoms with Crippen LogP contribution in [-0.2, 0) is 23.9 Å². The van der Waals surface area contributed by atoms with Crippen LogP contribution in [0.15, 0.2) is 36.4 Å². The van der Waals surface area contributed by atoms with Gasteiger partial charge in [0.05, 0.1) is 31.1 Å². The molecule has 4 rings (SSSR count). The molecule has 1 aromatic rings. The number of nitrogens with zero attached hydrogens (tertiary/aromatic N) is 1. The minimum absolute atomic E-state index is 0.126. The summed E-state index contributed by atoms with van der Waals surface area (Å²) in [6.07, 6.45) is 3.28. The Balaban J connectivity index is 1.52. The van der Waals surface area contributed by atoms with Crippen LogP contribution in [0.2, 0.25) is 0 Å². The van der Waals surface area contributed by atoms with Crippen molar-refractivity contribution in [3.05, 3.63) is 42.0 Å². The van der Waals surface area contributed by atoms with Crippen molar-refractivity contribution in [1.29, 1.82) is 0 Å². The molecule has 2 bridgehead atoms. The Hall–Kier alpha value is -2.67. The van der Waals surface area contributed by atoms with Crippen LogP contribution in [0.3, 0.4) is 0 Å². The van der Waals surface area contributed by atoms with Gasteiger partial charge in [0.15, 0.2) is 0 Å². The monoisotopic (exact) mass is 370 g/mol. The molecule has 2 amide bonds. The van der Waals surface area contributed by atoms with Crippen LogP contribution in [0.25, 0.3) is 0 Å². The number of likely N-dealkylation sites (tertiary alicyclic amines) is 1. The summed E-state index contributed by atoms with van der Waals surface area (Å²) < 4.78 is 11.0. The van der Waals surface area contributed by atoms with Crippen LogP contribution in [0, 0.1) is 18.8 Å². The average molecular weight is 370 g/mol. The summed E-state index contributed by atoms with van der Waals surface area (Å²) >= 11 is 0. The molecular weight excluding hydrogens is 348 g/mol. The van der Waals surface area contributed by atoms with E-state index in [1.807, 2.05) is 43.3 Å². The van der Waals surface area contributed by atoms with E-state index in [-0.39, 0.29) is 31.5 Å². The molecule has 1 spiro atoms. The van der Waals surface area contributed by atoms with Gasteiger partial charge in [-0.1, -0.05) is 29.8 Å². The molecule has 1 aromatic carbocycles. The number of carbonyl (C=O) groups excluding carboxylic acids is 3. The van der Waals surface area contributed by atoms with E-state index in [1.165, 1.54) is 4.90 Å². The quantitative estimate of drug-likeness (QED) is 0.623. The van der Waals surface area contributed by atoms with Crippen molar-refractivity contribution < 1.29 is 23.9 Å². The summed E-state index contributed by atoms with van der Waals surface area (Å²) in [5.74, 6) is -2.17. The van der Waals surface area contributed by atoms with Gasteiger partial charge in [0.1, 0.15) is 12.1 Å². The van der Waals surface area contributed by atoms with Gasteiger partial charge < -0.3 is 19.7 Å². The minimum Gasteiger partial charge on any atom is -0.465 e. The lowest BCUT2D eigenvalue weighted by molar-refractivity contribution is -0.148. The molecule has 4 atom stereocenters. The predicted octanol–water partition coefficient (Wildman–Crippen LogP) is 1.28. The van der Waals surface area contributed by atoms with E-state index in [0.717, 1.165) is 5.56 Å².